The number of likely N-dealkylation sites (tertiary alicyclic amines) is 1. The smallest absolute Gasteiger partial charge is 0.260 e. The van der Waals surface area contributed by atoms with Crippen LogP contribution in [0.3, 0.4) is 0 Å². The molecule has 78 valence electrons. The van der Waals surface area contributed by atoms with Crippen molar-refractivity contribution in [1.29, 1.82) is 0 Å². The molecular formula is C11H10INO2. The summed E-state index contributed by atoms with van der Waals surface area (Å²) < 4.78 is 1.00. The first-order valence-electron chi connectivity index (χ1n) is 4.79. The van der Waals surface area contributed by atoms with Crippen molar-refractivity contribution in [3.05, 3.63) is 33.4 Å². The average Bonchev–Trinajstić information content (AvgIpc) is 2.63. The van der Waals surface area contributed by atoms with Gasteiger partial charge < -0.3 is 0 Å². The highest BCUT2D eigenvalue weighted by atomic mass is 127. The summed E-state index contributed by atoms with van der Waals surface area (Å²) in [6.45, 7) is 0.559. The van der Waals surface area contributed by atoms with E-state index in [1.807, 2.05) is 12.1 Å². The van der Waals surface area contributed by atoms with Gasteiger partial charge in [-0.2, -0.15) is 0 Å². The summed E-state index contributed by atoms with van der Waals surface area (Å²) in [6.07, 6.45) is 1.28. The number of carbonyl (C=O) groups excluding carboxylic acids is 2. The number of carbonyl (C=O) groups is 2. The van der Waals surface area contributed by atoms with Crippen LogP contribution in [0, 0.1) is 3.57 Å². The van der Waals surface area contributed by atoms with Crippen molar-refractivity contribution in [2.45, 2.75) is 12.8 Å². The molecule has 0 spiro atoms. The van der Waals surface area contributed by atoms with Gasteiger partial charge in [-0.05, 0) is 47.2 Å². The largest absolute Gasteiger partial charge is 0.279 e. The van der Waals surface area contributed by atoms with Gasteiger partial charge in [-0.3, -0.25) is 14.5 Å². The van der Waals surface area contributed by atoms with Gasteiger partial charge in [-0.1, -0.05) is 6.07 Å². The number of halogens is 1. The molecule has 0 aromatic heterocycles. The minimum absolute atomic E-state index is 0.0566. The van der Waals surface area contributed by atoms with Crippen LogP contribution in [-0.2, 0) is 4.79 Å². The Morgan fingerprint density at radius 3 is 2.80 bits per heavy atom. The van der Waals surface area contributed by atoms with Gasteiger partial charge in [0, 0.05) is 22.1 Å². The van der Waals surface area contributed by atoms with Crippen molar-refractivity contribution in [3.63, 3.8) is 0 Å². The van der Waals surface area contributed by atoms with Crippen molar-refractivity contribution >= 4 is 34.4 Å². The minimum atomic E-state index is -0.170. The van der Waals surface area contributed by atoms with E-state index in [1.54, 1.807) is 12.1 Å². The number of nitrogens with zero attached hydrogens (tertiary/aromatic N) is 1. The first kappa shape index (κ1) is 10.6. The Morgan fingerprint density at radius 1 is 1.40 bits per heavy atom. The second-order valence-electron chi connectivity index (χ2n) is 3.46. The second-order valence-corrected chi connectivity index (χ2v) is 4.71. The summed E-state index contributed by atoms with van der Waals surface area (Å²) in [5.74, 6) is -0.227. The van der Waals surface area contributed by atoms with Crippen molar-refractivity contribution in [3.8, 4) is 0 Å². The van der Waals surface area contributed by atoms with E-state index in [0.717, 1.165) is 9.99 Å². The molecule has 4 heteroatoms. The first-order valence-corrected chi connectivity index (χ1v) is 5.86. The van der Waals surface area contributed by atoms with Gasteiger partial charge in [0.15, 0.2) is 0 Å². The van der Waals surface area contributed by atoms with E-state index in [9.17, 15) is 9.59 Å². The fourth-order valence-corrected chi connectivity index (χ4v) is 2.18. The highest BCUT2D eigenvalue weighted by molar-refractivity contribution is 14.1. The molecule has 1 fully saturated rings. The number of hydrogen-bond donors (Lipinski definition) is 0. The van der Waals surface area contributed by atoms with Crippen LogP contribution in [0.4, 0.5) is 0 Å². The normalized spacial score (nSPS) is 15.8. The maximum Gasteiger partial charge on any atom is 0.260 e. The van der Waals surface area contributed by atoms with Gasteiger partial charge in [0.05, 0.1) is 0 Å². The highest BCUT2D eigenvalue weighted by Gasteiger charge is 2.27. The number of rotatable bonds is 1. The zero-order valence-electron chi connectivity index (χ0n) is 8.07. The summed E-state index contributed by atoms with van der Waals surface area (Å²) in [6, 6.07) is 7.29. The van der Waals surface area contributed by atoms with Gasteiger partial charge in [0.1, 0.15) is 0 Å². The van der Waals surface area contributed by atoms with Crippen LogP contribution < -0.4 is 0 Å². The zero-order valence-corrected chi connectivity index (χ0v) is 10.2. The van der Waals surface area contributed by atoms with E-state index in [-0.39, 0.29) is 11.8 Å². The molecule has 3 nitrogen and oxygen atoms in total. The molecule has 1 saturated heterocycles. The summed E-state index contributed by atoms with van der Waals surface area (Å²) in [5.41, 5.74) is 0.595. The third-order valence-electron chi connectivity index (χ3n) is 2.39. The van der Waals surface area contributed by atoms with E-state index in [0.29, 0.717) is 18.5 Å². The van der Waals surface area contributed by atoms with Crippen molar-refractivity contribution in [2.24, 2.45) is 0 Å². The number of amides is 2. The summed E-state index contributed by atoms with van der Waals surface area (Å²) in [7, 11) is 0. The van der Waals surface area contributed by atoms with E-state index >= 15 is 0 Å². The molecule has 0 saturated carbocycles. The third-order valence-corrected chi connectivity index (χ3v) is 3.06. The Kier molecular flexibility index (Phi) is 3.04. The van der Waals surface area contributed by atoms with E-state index < -0.39 is 0 Å². The molecule has 15 heavy (non-hydrogen) atoms. The Bertz CT molecular complexity index is 417. The number of benzene rings is 1. The molecule has 0 radical (unpaired) electrons. The molecule has 2 amide bonds. The molecule has 2 rings (SSSR count). The number of hydrogen-bond acceptors (Lipinski definition) is 2. The maximum atomic E-state index is 11.9. The SMILES string of the molecule is O=C1CCCN1C(=O)c1cccc(I)c1. The molecular weight excluding hydrogens is 305 g/mol. The van der Waals surface area contributed by atoms with Crippen molar-refractivity contribution < 1.29 is 9.59 Å². The van der Waals surface area contributed by atoms with Crippen LogP contribution in [0.15, 0.2) is 24.3 Å². The molecule has 1 aliphatic rings. The molecule has 1 heterocycles. The Balaban J connectivity index is 2.24. The minimum Gasteiger partial charge on any atom is -0.279 e. The summed E-state index contributed by atoms with van der Waals surface area (Å²) in [4.78, 5) is 24.6. The molecule has 1 aliphatic heterocycles. The lowest BCUT2D eigenvalue weighted by atomic mass is 10.2. The van der Waals surface area contributed by atoms with Crippen LogP contribution in [0.2, 0.25) is 0 Å². The lowest BCUT2D eigenvalue weighted by molar-refractivity contribution is -0.125. The van der Waals surface area contributed by atoms with Crippen molar-refractivity contribution in [1.82, 2.24) is 4.90 Å². The molecule has 0 atom stereocenters. The average molecular weight is 315 g/mol. The zero-order chi connectivity index (χ0) is 10.8. The first-order chi connectivity index (χ1) is 7.18. The summed E-state index contributed by atoms with van der Waals surface area (Å²) in [5, 5.41) is 0. The fraction of sp³-hybridized carbons (Fsp3) is 0.273. The molecule has 0 N–H and O–H groups in total. The van der Waals surface area contributed by atoms with Gasteiger partial charge in [-0.15, -0.1) is 0 Å². The Hall–Kier alpha value is -0.910. The number of imide groups is 1. The van der Waals surface area contributed by atoms with E-state index in [4.69, 9.17) is 0 Å². The lowest BCUT2D eigenvalue weighted by Crippen LogP contribution is -2.31. The van der Waals surface area contributed by atoms with Gasteiger partial charge in [0.2, 0.25) is 5.91 Å². The molecule has 0 unspecified atom stereocenters. The predicted molar refractivity (Wildman–Crippen MR) is 64.4 cm³/mol. The van der Waals surface area contributed by atoms with Crippen LogP contribution in [0.1, 0.15) is 23.2 Å². The van der Waals surface area contributed by atoms with Gasteiger partial charge >= 0.3 is 0 Å². The maximum absolute atomic E-state index is 11.9. The van der Waals surface area contributed by atoms with Crippen LogP contribution in [-0.4, -0.2) is 23.3 Å². The van der Waals surface area contributed by atoms with Gasteiger partial charge in [-0.25, -0.2) is 0 Å². The van der Waals surface area contributed by atoms with Crippen molar-refractivity contribution in [2.75, 3.05) is 6.54 Å². The second kappa shape index (κ2) is 4.30. The highest BCUT2D eigenvalue weighted by Crippen LogP contribution is 2.15. The van der Waals surface area contributed by atoms with Crippen LogP contribution >= 0.6 is 22.6 Å². The molecule has 0 aliphatic carbocycles. The quantitative estimate of drug-likeness (QED) is 0.588. The fourth-order valence-electron chi connectivity index (χ4n) is 1.64. The molecule has 0 bridgehead atoms. The third kappa shape index (κ3) is 2.19. The van der Waals surface area contributed by atoms with E-state index in [1.165, 1.54) is 4.90 Å². The van der Waals surface area contributed by atoms with Gasteiger partial charge in [0.25, 0.3) is 5.91 Å². The monoisotopic (exact) mass is 315 g/mol. The Morgan fingerprint density at radius 2 is 2.20 bits per heavy atom. The van der Waals surface area contributed by atoms with Crippen LogP contribution in [0.25, 0.3) is 0 Å². The Labute approximate surface area is 102 Å². The topological polar surface area (TPSA) is 37.4 Å². The van der Waals surface area contributed by atoms with Crippen LogP contribution in [0.5, 0.6) is 0 Å². The molecule has 1 aromatic carbocycles. The standard InChI is InChI=1S/C11H10INO2/c12-9-4-1-3-8(7-9)11(15)13-6-2-5-10(13)14/h1,3-4,7H,2,5-6H2. The predicted octanol–water partition coefficient (Wildman–Crippen LogP) is 2.05. The lowest BCUT2D eigenvalue weighted by Gasteiger charge is -2.13. The molecule has 1 aromatic rings. The summed E-state index contributed by atoms with van der Waals surface area (Å²) >= 11 is 2.15. The van der Waals surface area contributed by atoms with E-state index in [2.05, 4.69) is 22.6 Å².